The fourth-order valence-electron chi connectivity index (χ4n) is 0.596. The molecule has 0 aromatic heterocycles. The average molecular weight is 157 g/mol. The van der Waals surface area contributed by atoms with Crippen LogP contribution in [0.25, 0.3) is 0 Å². The number of carbonyl (C=O) groups excluding carboxylic acids is 1. The Morgan fingerprint density at radius 3 is 2.90 bits per heavy atom. The fraction of sp³-hybridized carbons (Fsp3) is 0. The molecule has 0 aliphatic rings. The highest BCUT2D eigenvalue weighted by Crippen LogP contribution is 2.15. The lowest BCUT2D eigenvalue weighted by molar-refractivity contribution is -0.120. The van der Waals surface area contributed by atoms with E-state index in [-0.39, 0.29) is 0 Å². The summed E-state index contributed by atoms with van der Waals surface area (Å²) in [6.07, 6.45) is 0. The van der Waals surface area contributed by atoms with E-state index in [1.165, 1.54) is 0 Å². The quantitative estimate of drug-likeness (QED) is 0.611. The zero-order valence-corrected chi connectivity index (χ0v) is 5.84. The molecule has 0 bridgehead atoms. The highest BCUT2D eigenvalue weighted by Gasteiger charge is 1.91. The monoisotopic (exact) mass is 156 g/mol. The van der Waals surface area contributed by atoms with Crippen molar-refractivity contribution in [1.82, 2.24) is 0 Å². The van der Waals surface area contributed by atoms with Gasteiger partial charge in [-0.2, -0.15) is 0 Å². The van der Waals surface area contributed by atoms with Crippen LogP contribution in [0, 0.1) is 0 Å². The van der Waals surface area contributed by atoms with E-state index in [1.807, 2.05) is 0 Å². The molecule has 1 rings (SSSR count). The Hall–Kier alpha value is -1.02. The van der Waals surface area contributed by atoms with Gasteiger partial charge in [0.2, 0.25) is 0 Å². The third kappa shape index (κ3) is 1.74. The predicted molar refractivity (Wildman–Crippen MR) is 38.1 cm³/mol. The van der Waals surface area contributed by atoms with E-state index < -0.39 is 0 Å². The Morgan fingerprint density at radius 1 is 1.50 bits per heavy atom. The van der Waals surface area contributed by atoms with Crippen LogP contribution in [0.5, 0.6) is 5.75 Å². The second-order valence-electron chi connectivity index (χ2n) is 1.67. The Labute approximate surface area is 63.4 Å². The van der Waals surface area contributed by atoms with Crippen LogP contribution < -0.4 is 4.74 Å². The molecule has 10 heavy (non-hydrogen) atoms. The van der Waals surface area contributed by atoms with E-state index in [2.05, 4.69) is 4.74 Å². The molecular weight excluding hydrogens is 152 g/mol. The van der Waals surface area contributed by atoms with Crippen molar-refractivity contribution in [3.05, 3.63) is 29.3 Å². The van der Waals surface area contributed by atoms with Crippen molar-refractivity contribution in [2.75, 3.05) is 0 Å². The second kappa shape index (κ2) is 3.22. The van der Waals surface area contributed by atoms with Crippen molar-refractivity contribution in [1.29, 1.82) is 0 Å². The average Bonchev–Trinajstić information content (AvgIpc) is 1.88. The normalized spacial score (nSPS) is 8.90. The van der Waals surface area contributed by atoms with E-state index >= 15 is 0 Å². The molecule has 0 N–H and O–H groups in total. The SMILES string of the molecule is O=COc1cccc(Cl)c1. The minimum Gasteiger partial charge on any atom is -0.429 e. The lowest BCUT2D eigenvalue weighted by Gasteiger charge is -1.95. The molecule has 0 saturated heterocycles. The van der Waals surface area contributed by atoms with Gasteiger partial charge in [0.25, 0.3) is 6.47 Å². The number of hydrogen-bond acceptors (Lipinski definition) is 2. The van der Waals surface area contributed by atoms with Gasteiger partial charge in [0, 0.05) is 5.02 Å². The van der Waals surface area contributed by atoms with Crippen molar-refractivity contribution in [3.63, 3.8) is 0 Å². The van der Waals surface area contributed by atoms with Gasteiger partial charge in [-0.15, -0.1) is 0 Å². The molecule has 0 saturated carbocycles. The summed E-state index contributed by atoms with van der Waals surface area (Å²) in [5.74, 6) is 0.461. The highest BCUT2D eigenvalue weighted by molar-refractivity contribution is 6.30. The van der Waals surface area contributed by atoms with Gasteiger partial charge < -0.3 is 4.74 Å². The van der Waals surface area contributed by atoms with Gasteiger partial charge in [-0.05, 0) is 18.2 Å². The summed E-state index contributed by atoms with van der Waals surface area (Å²) < 4.78 is 4.52. The van der Waals surface area contributed by atoms with Crippen LogP contribution in [-0.2, 0) is 4.79 Å². The minimum atomic E-state index is 0.367. The van der Waals surface area contributed by atoms with E-state index in [9.17, 15) is 4.79 Å². The Morgan fingerprint density at radius 2 is 2.30 bits per heavy atom. The van der Waals surface area contributed by atoms with E-state index in [1.54, 1.807) is 24.3 Å². The molecule has 52 valence electrons. The zero-order valence-electron chi connectivity index (χ0n) is 5.08. The van der Waals surface area contributed by atoms with E-state index in [0.717, 1.165) is 0 Å². The first kappa shape index (κ1) is 7.09. The summed E-state index contributed by atoms with van der Waals surface area (Å²) in [6.45, 7) is 0.367. The molecule has 0 amide bonds. The highest BCUT2D eigenvalue weighted by atomic mass is 35.5. The standard InChI is InChI=1S/C7H5ClO2/c8-6-2-1-3-7(4-6)10-5-9/h1-5H. The zero-order chi connectivity index (χ0) is 7.40. The second-order valence-corrected chi connectivity index (χ2v) is 2.11. The Kier molecular flexibility index (Phi) is 2.29. The summed E-state index contributed by atoms with van der Waals surface area (Å²) in [7, 11) is 0. The minimum absolute atomic E-state index is 0.367. The smallest absolute Gasteiger partial charge is 0.298 e. The molecule has 0 fully saturated rings. The van der Waals surface area contributed by atoms with Crippen LogP contribution in [0.15, 0.2) is 24.3 Å². The van der Waals surface area contributed by atoms with Crippen LogP contribution in [0.4, 0.5) is 0 Å². The van der Waals surface area contributed by atoms with Gasteiger partial charge in [-0.3, -0.25) is 4.79 Å². The summed E-state index contributed by atoms with van der Waals surface area (Å²) in [6, 6.07) is 6.64. The van der Waals surface area contributed by atoms with E-state index in [4.69, 9.17) is 11.6 Å². The first-order valence-electron chi connectivity index (χ1n) is 2.69. The Balaban J connectivity index is 2.84. The van der Waals surface area contributed by atoms with Crippen LogP contribution in [0.1, 0.15) is 0 Å². The molecule has 0 heterocycles. The molecule has 0 unspecified atom stereocenters. The summed E-state index contributed by atoms with van der Waals surface area (Å²) in [4.78, 5) is 9.82. The lowest BCUT2D eigenvalue weighted by atomic mass is 10.3. The van der Waals surface area contributed by atoms with Crippen molar-refractivity contribution >= 4 is 18.1 Å². The van der Waals surface area contributed by atoms with E-state index in [0.29, 0.717) is 17.2 Å². The molecule has 3 heteroatoms. The number of hydrogen-bond donors (Lipinski definition) is 0. The third-order valence-corrected chi connectivity index (χ3v) is 1.22. The van der Waals surface area contributed by atoms with Gasteiger partial charge in [-0.1, -0.05) is 17.7 Å². The van der Waals surface area contributed by atoms with Gasteiger partial charge in [0.05, 0.1) is 0 Å². The molecular formula is C7H5ClO2. The lowest BCUT2D eigenvalue weighted by Crippen LogP contribution is -1.86. The molecule has 2 nitrogen and oxygen atoms in total. The topological polar surface area (TPSA) is 26.3 Å². The molecule has 0 aliphatic carbocycles. The molecule has 0 spiro atoms. The molecule has 1 aromatic rings. The summed E-state index contributed by atoms with van der Waals surface area (Å²) in [5, 5.41) is 0.555. The Bertz CT molecular complexity index is 235. The van der Waals surface area contributed by atoms with Crippen molar-refractivity contribution in [2.45, 2.75) is 0 Å². The predicted octanol–water partition coefficient (Wildman–Crippen LogP) is 1.88. The molecule has 0 atom stereocenters. The number of ether oxygens (including phenoxy) is 1. The maximum Gasteiger partial charge on any atom is 0.298 e. The van der Waals surface area contributed by atoms with Crippen molar-refractivity contribution in [3.8, 4) is 5.75 Å². The maximum absolute atomic E-state index is 9.82. The fourth-order valence-corrected chi connectivity index (χ4v) is 0.776. The molecule has 0 radical (unpaired) electrons. The first-order valence-corrected chi connectivity index (χ1v) is 3.06. The molecule has 0 aliphatic heterocycles. The van der Waals surface area contributed by atoms with Crippen LogP contribution in [-0.4, -0.2) is 6.47 Å². The maximum atomic E-state index is 9.82. The number of carbonyl (C=O) groups is 1. The van der Waals surface area contributed by atoms with Gasteiger partial charge in [0.1, 0.15) is 5.75 Å². The largest absolute Gasteiger partial charge is 0.429 e. The summed E-state index contributed by atoms with van der Waals surface area (Å²) >= 11 is 5.58. The van der Waals surface area contributed by atoms with Gasteiger partial charge in [-0.25, -0.2) is 0 Å². The number of halogens is 1. The number of rotatable bonds is 2. The van der Waals surface area contributed by atoms with Crippen LogP contribution in [0.3, 0.4) is 0 Å². The third-order valence-electron chi connectivity index (χ3n) is 0.980. The van der Waals surface area contributed by atoms with Gasteiger partial charge in [0.15, 0.2) is 0 Å². The van der Waals surface area contributed by atoms with Crippen molar-refractivity contribution in [2.24, 2.45) is 0 Å². The number of benzene rings is 1. The summed E-state index contributed by atoms with van der Waals surface area (Å²) in [5.41, 5.74) is 0. The van der Waals surface area contributed by atoms with Crippen LogP contribution in [0.2, 0.25) is 5.02 Å². The first-order chi connectivity index (χ1) is 4.83. The van der Waals surface area contributed by atoms with Crippen LogP contribution >= 0.6 is 11.6 Å². The van der Waals surface area contributed by atoms with Gasteiger partial charge >= 0.3 is 0 Å². The molecule has 1 aromatic carbocycles. The van der Waals surface area contributed by atoms with Crippen molar-refractivity contribution < 1.29 is 9.53 Å².